The molecule has 5 unspecified atom stereocenters. The molecule has 6 atom stereocenters. The van der Waals surface area contributed by atoms with E-state index in [0.29, 0.717) is 0 Å². The van der Waals surface area contributed by atoms with Crippen molar-refractivity contribution in [2.24, 2.45) is 35.0 Å². The van der Waals surface area contributed by atoms with Gasteiger partial charge in [-0.2, -0.15) is 0 Å². The second-order valence-corrected chi connectivity index (χ2v) is 6.89. The Labute approximate surface area is 98.8 Å². The Bertz CT molecular complexity index is 398. The molecule has 0 bridgehead atoms. The van der Waals surface area contributed by atoms with E-state index in [1.54, 1.807) is 18.4 Å². The standard InChI is InChI=1S/C16H22/c1-3-4-11-7-14-15-13-6-5-12(13)10(2)8-16(14,15)9-11/h5,10-12,14-15H,3-4,7-9H2,1-2H3/t10?,11?,12?,14?,15-,16?/m1/s1. The molecule has 3 saturated carbocycles. The van der Waals surface area contributed by atoms with Gasteiger partial charge in [-0.25, -0.2) is 0 Å². The van der Waals surface area contributed by atoms with E-state index < -0.39 is 0 Å². The maximum atomic E-state index is 3.53. The second kappa shape index (κ2) is 2.85. The molecule has 0 saturated heterocycles. The van der Waals surface area contributed by atoms with Gasteiger partial charge >= 0.3 is 0 Å². The van der Waals surface area contributed by atoms with E-state index in [1.165, 1.54) is 19.3 Å². The van der Waals surface area contributed by atoms with Crippen molar-refractivity contribution >= 4 is 0 Å². The lowest BCUT2D eigenvalue weighted by Crippen LogP contribution is -2.28. The third kappa shape index (κ3) is 0.938. The van der Waals surface area contributed by atoms with Crippen molar-refractivity contribution in [2.45, 2.75) is 46.0 Å². The van der Waals surface area contributed by atoms with Crippen LogP contribution in [0, 0.1) is 35.0 Å². The summed E-state index contributed by atoms with van der Waals surface area (Å²) in [6.07, 6.45) is 9.83. The van der Waals surface area contributed by atoms with Gasteiger partial charge in [-0.3, -0.25) is 0 Å². The average molecular weight is 214 g/mol. The van der Waals surface area contributed by atoms with E-state index in [-0.39, 0.29) is 0 Å². The zero-order chi connectivity index (χ0) is 10.9. The molecule has 0 radical (unpaired) electrons. The van der Waals surface area contributed by atoms with Crippen molar-refractivity contribution in [3.05, 3.63) is 17.4 Å². The van der Waals surface area contributed by atoms with E-state index >= 15 is 0 Å². The van der Waals surface area contributed by atoms with Gasteiger partial charge < -0.3 is 0 Å². The van der Waals surface area contributed by atoms with Crippen LogP contribution in [-0.2, 0) is 0 Å². The smallest absolute Gasteiger partial charge is 0.0157 e. The maximum Gasteiger partial charge on any atom is 0.0157 e. The minimum absolute atomic E-state index is 0.784. The van der Waals surface area contributed by atoms with Gasteiger partial charge in [0.1, 0.15) is 0 Å². The summed E-state index contributed by atoms with van der Waals surface area (Å²) in [6.45, 7) is 4.81. The molecule has 0 amide bonds. The molecule has 3 fully saturated rings. The average Bonchev–Trinajstić information content (AvgIpc) is 2.62. The van der Waals surface area contributed by atoms with Crippen LogP contribution in [0.15, 0.2) is 17.4 Å². The van der Waals surface area contributed by atoms with Crippen molar-refractivity contribution in [2.75, 3.05) is 0 Å². The molecule has 0 N–H and O–H groups in total. The first-order chi connectivity index (χ1) is 7.76. The van der Waals surface area contributed by atoms with Crippen LogP contribution in [0.1, 0.15) is 46.0 Å². The van der Waals surface area contributed by atoms with Gasteiger partial charge in [0, 0.05) is 5.92 Å². The fourth-order valence-electron chi connectivity index (χ4n) is 5.49. The van der Waals surface area contributed by atoms with Gasteiger partial charge in [0.15, 0.2) is 0 Å². The maximum absolute atomic E-state index is 3.53. The third-order valence-corrected chi connectivity index (χ3v) is 6.04. The fourth-order valence-corrected chi connectivity index (χ4v) is 5.49. The number of hydrogen-bond donors (Lipinski definition) is 0. The highest BCUT2D eigenvalue weighted by Gasteiger charge is 2.72. The zero-order valence-corrected chi connectivity index (χ0v) is 10.5. The second-order valence-electron chi connectivity index (χ2n) is 6.89. The van der Waals surface area contributed by atoms with Gasteiger partial charge in [-0.1, -0.05) is 26.7 Å². The highest BCUT2D eigenvalue weighted by molar-refractivity contribution is 5.40. The Balaban J connectivity index is 1.59. The summed E-state index contributed by atoms with van der Waals surface area (Å²) < 4.78 is 0. The number of fused-ring (bicyclic) bond motifs is 3. The molecule has 0 nitrogen and oxygen atoms in total. The summed E-state index contributed by atoms with van der Waals surface area (Å²) in [7, 11) is 0. The molecular weight excluding hydrogens is 192 g/mol. The molecule has 16 heavy (non-hydrogen) atoms. The first-order valence-electron chi connectivity index (χ1n) is 7.23. The fraction of sp³-hybridized carbons (Fsp3) is 0.812. The van der Waals surface area contributed by atoms with Crippen LogP contribution in [0.2, 0.25) is 0 Å². The summed E-state index contributed by atoms with van der Waals surface area (Å²) in [4.78, 5) is 0. The molecule has 4 rings (SSSR count). The Morgan fingerprint density at radius 2 is 2.31 bits per heavy atom. The summed E-state index contributed by atoms with van der Waals surface area (Å²) in [5.41, 5.74) is 6.05. The topological polar surface area (TPSA) is 0 Å². The van der Waals surface area contributed by atoms with Crippen molar-refractivity contribution in [3.63, 3.8) is 0 Å². The van der Waals surface area contributed by atoms with Crippen LogP contribution in [0.5, 0.6) is 0 Å². The van der Waals surface area contributed by atoms with Crippen LogP contribution in [0.4, 0.5) is 0 Å². The summed E-state index contributed by atoms with van der Waals surface area (Å²) in [6, 6.07) is 0. The third-order valence-electron chi connectivity index (χ3n) is 6.04. The van der Waals surface area contributed by atoms with Crippen LogP contribution in [-0.4, -0.2) is 0 Å². The minimum atomic E-state index is 0.784. The van der Waals surface area contributed by atoms with Gasteiger partial charge in [0.25, 0.3) is 0 Å². The van der Waals surface area contributed by atoms with E-state index in [0.717, 1.165) is 35.0 Å². The molecule has 4 aliphatic carbocycles. The highest BCUT2D eigenvalue weighted by atomic mass is 14.8. The minimum Gasteiger partial charge on any atom is -0.124 e. The molecule has 1 spiro atoms. The van der Waals surface area contributed by atoms with Crippen molar-refractivity contribution in [3.8, 4) is 0 Å². The zero-order valence-electron chi connectivity index (χ0n) is 10.5. The van der Waals surface area contributed by atoms with Crippen molar-refractivity contribution in [1.82, 2.24) is 0 Å². The molecule has 0 aliphatic heterocycles. The van der Waals surface area contributed by atoms with Crippen LogP contribution in [0.25, 0.3) is 0 Å². The number of allylic oxidation sites excluding steroid dienone is 1. The van der Waals surface area contributed by atoms with Gasteiger partial charge in [0.05, 0.1) is 0 Å². The Morgan fingerprint density at radius 1 is 1.44 bits per heavy atom. The van der Waals surface area contributed by atoms with E-state index in [9.17, 15) is 0 Å². The van der Waals surface area contributed by atoms with Crippen molar-refractivity contribution in [1.29, 1.82) is 0 Å². The summed E-state index contributed by atoms with van der Waals surface area (Å²) in [5.74, 6) is 4.89. The van der Waals surface area contributed by atoms with Crippen LogP contribution >= 0.6 is 0 Å². The molecule has 0 aromatic carbocycles. The van der Waals surface area contributed by atoms with E-state index in [2.05, 4.69) is 25.7 Å². The highest BCUT2D eigenvalue weighted by Crippen LogP contribution is 2.79. The van der Waals surface area contributed by atoms with Crippen LogP contribution in [0.3, 0.4) is 0 Å². The molecule has 0 aromatic heterocycles. The quantitative estimate of drug-likeness (QED) is 0.605. The lowest BCUT2D eigenvalue weighted by Gasteiger charge is -2.37. The molecule has 86 valence electrons. The molecular formula is C16H22. The van der Waals surface area contributed by atoms with Crippen LogP contribution < -0.4 is 0 Å². The van der Waals surface area contributed by atoms with Crippen molar-refractivity contribution < 1.29 is 0 Å². The Hall–Kier alpha value is -0.480. The summed E-state index contributed by atoms with van der Waals surface area (Å²) >= 11 is 0. The normalized spacial score (nSPS) is 55.9. The number of rotatable bonds is 2. The van der Waals surface area contributed by atoms with E-state index in [4.69, 9.17) is 0 Å². The largest absolute Gasteiger partial charge is 0.124 e. The SMILES string of the molecule is CCCC1CC2[C@H]3C4=C=CC4C(C)CC23C1. The van der Waals surface area contributed by atoms with Gasteiger partial charge in [-0.05, 0) is 60.0 Å². The first-order valence-corrected chi connectivity index (χ1v) is 7.23. The lowest BCUT2D eigenvalue weighted by molar-refractivity contribution is 0.234. The number of hydrogen-bond acceptors (Lipinski definition) is 0. The first kappa shape index (κ1) is 9.54. The monoisotopic (exact) mass is 214 g/mol. The predicted octanol–water partition coefficient (Wildman–Crippen LogP) is 4.18. The molecule has 0 heterocycles. The molecule has 4 aliphatic rings. The predicted molar refractivity (Wildman–Crippen MR) is 65.9 cm³/mol. The lowest BCUT2D eigenvalue weighted by atomic mass is 9.67. The van der Waals surface area contributed by atoms with Gasteiger partial charge in [-0.15, -0.1) is 5.73 Å². The summed E-state index contributed by atoms with van der Waals surface area (Å²) in [5, 5.41) is 0. The van der Waals surface area contributed by atoms with Gasteiger partial charge in [0.2, 0.25) is 0 Å². The molecule has 0 aromatic rings. The Morgan fingerprint density at radius 3 is 3.00 bits per heavy atom. The Kier molecular flexibility index (Phi) is 1.70. The van der Waals surface area contributed by atoms with E-state index in [1.807, 2.05) is 0 Å². The molecule has 0 heteroatoms.